The van der Waals surface area contributed by atoms with Gasteiger partial charge in [0.25, 0.3) is 0 Å². The van der Waals surface area contributed by atoms with Crippen LogP contribution in [0.15, 0.2) is 47.5 Å². The third-order valence-electron chi connectivity index (χ3n) is 5.10. The highest BCUT2D eigenvalue weighted by Gasteiger charge is 2.20. The molecule has 4 rings (SSSR count). The maximum atomic E-state index is 5.45. The van der Waals surface area contributed by atoms with Gasteiger partial charge in [0, 0.05) is 51.5 Å². The molecule has 7 nitrogen and oxygen atoms in total. The number of benzene rings is 2. The average Bonchev–Trinajstić information content (AvgIpc) is 3.22. The number of nitrogens with one attached hydrogen (secondary N) is 1. The van der Waals surface area contributed by atoms with Crippen molar-refractivity contribution < 1.29 is 14.2 Å². The third-order valence-corrected chi connectivity index (χ3v) is 5.10. The Morgan fingerprint density at radius 2 is 1.86 bits per heavy atom. The summed E-state index contributed by atoms with van der Waals surface area (Å²) in [6.45, 7) is 4.71. The number of guanidine groups is 1. The van der Waals surface area contributed by atoms with Gasteiger partial charge in [-0.1, -0.05) is 12.1 Å². The first kappa shape index (κ1) is 21.4. The zero-order valence-electron chi connectivity index (χ0n) is 16.8. The molecule has 2 aromatic carbocycles. The molecule has 2 aromatic rings. The van der Waals surface area contributed by atoms with E-state index in [2.05, 4.69) is 38.3 Å². The van der Waals surface area contributed by atoms with Crippen LogP contribution in [0.5, 0.6) is 17.2 Å². The number of ether oxygens (including phenoxy) is 3. The molecule has 1 fully saturated rings. The van der Waals surface area contributed by atoms with E-state index in [0.717, 1.165) is 55.0 Å². The van der Waals surface area contributed by atoms with Gasteiger partial charge in [0.1, 0.15) is 5.75 Å². The Morgan fingerprint density at radius 1 is 1.07 bits per heavy atom. The van der Waals surface area contributed by atoms with Crippen molar-refractivity contribution in [3.63, 3.8) is 0 Å². The Balaban J connectivity index is 0.00000240. The van der Waals surface area contributed by atoms with E-state index < -0.39 is 0 Å². The number of methoxy groups -OCH3 is 1. The van der Waals surface area contributed by atoms with Gasteiger partial charge in [-0.3, -0.25) is 4.99 Å². The predicted molar refractivity (Wildman–Crippen MR) is 125 cm³/mol. The van der Waals surface area contributed by atoms with Crippen LogP contribution < -0.4 is 24.4 Å². The second-order valence-corrected chi connectivity index (χ2v) is 6.76. The van der Waals surface area contributed by atoms with Crippen molar-refractivity contribution in [1.29, 1.82) is 0 Å². The van der Waals surface area contributed by atoms with Crippen LogP contribution in [-0.4, -0.2) is 58.0 Å². The largest absolute Gasteiger partial charge is 0.497 e. The van der Waals surface area contributed by atoms with E-state index >= 15 is 0 Å². The summed E-state index contributed by atoms with van der Waals surface area (Å²) in [7, 11) is 3.53. The molecule has 0 amide bonds. The molecule has 29 heavy (non-hydrogen) atoms. The maximum absolute atomic E-state index is 5.45. The van der Waals surface area contributed by atoms with Gasteiger partial charge in [-0.15, -0.1) is 24.0 Å². The fourth-order valence-corrected chi connectivity index (χ4v) is 3.55. The number of halogens is 1. The first-order valence-electron chi connectivity index (χ1n) is 9.50. The SMILES string of the molecule is CN=C(NCc1ccc2c(c1)OCO2)N1CCN(c2cccc(OC)c2)CC1.I. The number of rotatable bonds is 4. The number of fused-ring (bicyclic) bond motifs is 1. The van der Waals surface area contributed by atoms with Gasteiger partial charge in [-0.05, 0) is 29.8 Å². The third kappa shape index (κ3) is 4.98. The van der Waals surface area contributed by atoms with Crippen LogP contribution >= 0.6 is 24.0 Å². The molecule has 1 N–H and O–H groups in total. The number of anilines is 1. The molecule has 0 atom stereocenters. The maximum Gasteiger partial charge on any atom is 0.231 e. The summed E-state index contributed by atoms with van der Waals surface area (Å²) < 4.78 is 16.2. The molecule has 0 radical (unpaired) electrons. The minimum absolute atomic E-state index is 0. The van der Waals surface area contributed by atoms with E-state index in [4.69, 9.17) is 14.2 Å². The molecule has 0 aromatic heterocycles. The van der Waals surface area contributed by atoms with Crippen molar-refractivity contribution in [2.45, 2.75) is 6.54 Å². The van der Waals surface area contributed by atoms with Crippen LogP contribution in [-0.2, 0) is 6.54 Å². The van der Waals surface area contributed by atoms with E-state index in [1.165, 1.54) is 5.69 Å². The van der Waals surface area contributed by atoms with Crippen LogP contribution in [0.4, 0.5) is 5.69 Å². The van der Waals surface area contributed by atoms with Gasteiger partial charge in [0.15, 0.2) is 17.5 Å². The smallest absolute Gasteiger partial charge is 0.231 e. The molecule has 0 saturated carbocycles. The average molecular weight is 510 g/mol. The Kier molecular flexibility index (Phi) is 7.29. The molecule has 1 saturated heterocycles. The van der Waals surface area contributed by atoms with Crippen LogP contribution in [0.25, 0.3) is 0 Å². The van der Waals surface area contributed by atoms with E-state index in [0.29, 0.717) is 13.3 Å². The van der Waals surface area contributed by atoms with Crippen molar-refractivity contribution >= 4 is 35.6 Å². The number of nitrogens with zero attached hydrogens (tertiary/aromatic N) is 3. The predicted octanol–water partition coefficient (Wildman–Crippen LogP) is 2.94. The van der Waals surface area contributed by atoms with Gasteiger partial charge in [0.05, 0.1) is 7.11 Å². The zero-order valence-corrected chi connectivity index (χ0v) is 19.1. The van der Waals surface area contributed by atoms with Crippen molar-refractivity contribution in [3.8, 4) is 17.2 Å². The number of piperazine rings is 1. The lowest BCUT2D eigenvalue weighted by Crippen LogP contribution is -2.52. The van der Waals surface area contributed by atoms with E-state index in [9.17, 15) is 0 Å². The Bertz CT molecular complexity index is 854. The topological polar surface area (TPSA) is 58.6 Å². The Morgan fingerprint density at radius 3 is 2.62 bits per heavy atom. The summed E-state index contributed by atoms with van der Waals surface area (Å²) in [5, 5.41) is 3.46. The van der Waals surface area contributed by atoms with Crippen LogP contribution in [0, 0.1) is 0 Å². The molecule has 2 aliphatic heterocycles. The highest BCUT2D eigenvalue weighted by Crippen LogP contribution is 2.32. The highest BCUT2D eigenvalue weighted by molar-refractivity contribution is 14.0. The summed E-state index contributed by atoms with van der Waals surface area (Å²) in [5.74, 6) is 3.42. The van der Waals surface area contributed by atoms with Gasteiger partial charge in [-0.25, -0.2) is 0 Å². The van der Waals surface area contributed by atoms with Crippen molar-refractivity contribution in [2.24, 2.45) is 4.99 Å². The molecule has 2 aliphatic rings. The number of aliphatic imine (C=N–C) groups is 1. The molecule has 2 heterocycles. The van der Waals surface area contributed by atoms with E-state index in [1.54, 1.807) is 7.11 Å². The van der Waals surface area contributed by atoms with Crippen molar-refractivity contribution in [3.05, 3.63) is 48.0 Å². The summed E-state index contributed by atoms with van der Waals surface area (Å²) >= 11 is 0. The standard InChI is InChI=1S/C21H26N4O3.HI/c1-22-21(23-14-16-6-7-19-20(12-16)28-15-27-19)25-10-8-24(9-11-25)17-4-3-5-18(13-17)26-2;/h3-7,12-13H,8-11,14-15H2,1-2H3,(H,22,23);1H. The number of hydrogen-bond donors (Lipinski definition) is 1. The molecular weight excluding hydrogens is 483 g/mol. The van der Waals surface area contributed by atoms with Gasteiger partial charge < -0.3 is 29.3 Å². The molecule has 0 bridgehead atoms. The first-order chi connectivity index (χ1) is 13.8. The van der Waals surface area contributed by atoms with Gasteiger partial charge in [0.2, 0.25) is 6.79 Å². The highest BCUT2D eigenvalue weighted by atomic mass is 127. The second-order valence-electron chi connectivity index (χ2n) is 6.76. The zero-order chi connectivity index (χ0) is 19.3. The summed E-state index contributed by atoms with van der Waals surface area (Å²) in [4.78, 5) is 9.14. The van der Waals surface area contributed by atoms with Crippen LogP contribution in [0.2, 0.25) is 0 Å². The molecule has 156 valence electrons. The number of hydrogen-bond acceptors (Lipinski definition) is 5. The van der Waals surface area contributed by atoms with E-state index in [-0.39, 0.29) is 24.0 Å². The Labute approximate surface area is 188 Å². The molecular formula is C21H27IN4O3. The molecule has 8 heteroatoms. The summed E-state index contributed by atoms with van der Waals surface area (Å²) in [5.41, 5.74) is 2.34. The van der Waals surface area contributed by atoms with Crippen LogP contribution in [0.3, 0.4) is 0 Å². The van der Waals surface area contributed by atoms with Gasteiger partial charge >= 0.3 is 0 Å². The summed E-state index contributed by atoms with van der Waals surface area (Å²) in [6, 6.07) is 14.2. The van der Waals surface area contributed by atoms with E-state index in [1.807, 2.05) is 31.3 Å². The fourth-order valence-electron chi connectivity index (χ4n) is 3.55. The first-order valence-corrected chi connectivity index (χ1v) is 9.50. The second kappa shape index (κ2) is 9.91. The monoisotopic (exact) mass is 510 g/mol. The minimum atomic E-state index is 0. The lowest BCUT2D eigenvalue weighted by Gasteiger charge is -2.37. The minimum Gasteiger partial charge on any atom is -0.497 e. The molecule has 0 spiro atoms. The van der Waals surface area contributed by atoms with Crippen LogP contribution in [0.1, 0.15) is 5.56 Å². The lowest BCUT2D eigenvalue weighted by atomic mass is 10.2. The van der Waals surface area contributed by atoms with Crippen molar-refractivity contribution in [1.82, 2.24) is 10.2 Å². The van der Waals surface area contributed by atoms with Crippen molar-refractivity contribution in [2.75, 3.05) is 52.0 Å². The summed E-state index contributed by atoms with van der Waals surface area (Å²) in [6.07, 6.45) is 0. The quantitative estimate of drug-likeness (QED) is 0.388. The normalized spacial score (nSPS) is 15.7. The Hall–Kier alpha value is -2.36. The fraction of sp³-hybridized carbons (Fsp3) is 0.381. The lowest BCUT2D eigenvalue weighted by molar-refractivity contribution is 0.174. The van der Waals surface area contributed by atoms with Gasteiger partial charge in [-0.2, -0.15) is 0 Å². The molecule has 0 unspecified atom stereocenters. The molecule has 0 aliphatic carbocycles.